The zero-order valence-electron chi connectivity index (χ0n) is 14.8. The van der Waals surface area contributed by atoms with Crippen LogP contribution in [0.3, 0.4) is 0 Å². The van der Waals surface area contributed by atoms with Gasteiger partial charge in [0.15, 0.2) is 0 Å². The predicted molar refractivity (Wildman–Crippen MR) is 94.9 cm³/mol. The van der Waals surface area contributed by atoms with Crippen molar-refractivity contribution in [2.45, 2.75) is 37.4 Å². The van der Waals surface area contributed by atoms with Crippen molar-refractivity contribution < 1.29 is 27.8 Å². The minimum atomic E-state index is -4.44. The molecule has 0 spiro atoms. The number of anilines is 1. The molecule has 0 unspecified atom stereocenters. The second-order valence-electron chi connectivity index (χ2n) is 6.90. The number of halogens is 4. The number of pyridine rings is 1. The third-order valence-electron chi connectivity index (χ3n) is 4.92. The molecular weight excluding hydrogens is 378 g/mol. The van der Waals surface area contributed by atoms with Crippen LogP contribution in [0.5, 0.6) is 0 Å². The fraction of sp³-hybridized carbons (Fsp3) is 0.421. The molecular formula is C19H21F4N3O2. The molecule has 0 aliphatic heterocycles. The first-order chi connectivity index (χ1) is 13.2. The van der Waals surface area contributed by atoms with E-state index >= 15 is 0 Å². The van der Waals surface area contributed by atoms with E-state index in [2.05, 4.69) is 15.6 Å². The molecule has 4 atom stereocenters. The van der Waals surface area contributed by atoms with Gasteiger partial charge >= 0.3 is 6.18 Å². The number of hydrogen-bond acceptors (Lipinski definition) is 5. The maximum atomic E-state index is 12.9. The van der Waals surface area contributed by atoms with Crippen molar-refractivity contribution in [3.05, 3.63) is 59.5 Å². The number of hydrogen-bond donors (Lipinski definition) is 4. The van der Waals surface area contributed by atoms with E-state index in [1.807, 2.05) is 0 Å². The minimum Gasteiger partial charge on any atom is -0.390 e. The lowest BCUT2D eigenvalue weighted by molar-refractivity contribution is -0.137. The molecule has 1 heterocycles. The van der Waals surface area contributed by atoms with Crippen molar-refractivity contribution in [3.8, 4) is 0 Å². The van der Waals surface area contributed by atoms with Crippen molar-refractivity contribution in [2.75, 3.05) is 11.9 Å². The number of nitrogens with zero attached hydrogens (tertiary/aromatic N) is 1. The van der Waals surface area contributed by atoms with Crippen molar-refractivity contribution in [2.24, 2.45) is 5.92 Å². The molecule has 1 saturated carbocycles. The van der Waals surface area contributed by atoms with E-state index in [1.165, 1.54) is 18.2 Å². The SMILES string of the molecule is O[C@@H]1[C@@H](CNc2ccc(C(F)(F)F)cn2)C[C@@H](NCc2ccc(F)cc2)[C@@H]1O. The first kappa shape index (κ1) is 20.5. The van der Waals surface area contributed by atoms with Gasteiger partial charge in [0.05, 0.1) is 17.8 Å². The Labute approximate surface area is 159 Å². The number of aliphatic hydroxyl groups is 2. The summed E-state index contributed by atoms with van der Waals surface area (Å²) in [6.07, 6.45) is -5.19. The molecule has 0 radical (unpaired) electrons. The summed E-state index contributed by atoms with van der Waals surface area (Å²) in [6, 6.07) is 7.77. The first-order valence-corrected chi connectivity index (χ1v) is 8.85. The molecule has 1 aliphatic carbocycles. The van der Waals surface area contributed by atoms with Gasteiger partial charge in [0.25, 0.3) is 0 Å². The van der Waals surface area contributed by atoms with E-state index in [4.69, 9.17) is 0 Å². The number of alkyl halides is 3. The van der Waals surface area contributed by atoms with Crippen molar-refractivity contribution in [3.63, 3.8) is 0 Å². The summed E-state index contributed by atoms with van der Waals surface area (Å²) in [5, 5.41) is 26.5. The Hall–Kier alpha value is -2.23. The van der Waals surface area contributed by atoms with Crippen LogP contribution in [0.25, 0.3) is 0 Å². The van der Waals surface area contributed by atoms with Crippen molar-refractivity contribution in [1.29, 1.82) is 0 Å². The van der Waals surface area contributed by atoms with Crippen molar-refractivity contribution >= 4 is 5.82 Å². The monoisotopic (exact) mass is 399 g/mol. The fourth-order valence-electron chi connectivity index (χ4n) is 3.28. The van der Waals surface area contributed by atoms with Crippen LogP contribution >= 0.6 is 0 Å². The lowest BCUT2D eigenvalue weighted by Gasteiger charge is -2.18. The highest BCUT2D eigenvalue weighted by Crippen LogP contribution is 2.30. The lowest BCUT2D eigenvalue weighted by Crippen LogP contribution is -2.39. The minimum absolute atomic E-state index is 0.255. The molecule has 28 heavy (non-hydrogen) atoms. The Kier molecular flexibility index (Phi) is 6.17. The summed E-state index contributed by atoms with van der Waals surface area (Å²) < 4.78 is 50.6. The van der Waals surface area contributed by atoms with Crippen LogP contribution in [-0.2, 0) is 12.7 Å². The highest BCUT2D eigenvalue weighted by atomic mass is 19.4. The second kappa shape index (κ2) is 8.42. The van der Waals surface area contributed by atoms with Gasteiger partial charge in [-0.1, -0.05) is 12.1 Å². The average Bonchev–Trinajstić information content (AvgIpc) is 2.93. The number of aliphatic hydroxyl groups excluding tert-OH is 2. The maximum absolute atomic E-state index is 12.9. The molecule has 4 N–H and O–H groups in total. The van der Waals surface area contributed by atoms with E-state index in [-0.39, 0.29) is 30.1 Å². The summed E-state index contributed by atoms with van der Waals surface area (Å²) in [6.45, 7) is 0.667. The van der Waals surface area contributed by atoms with Gasteiger partial charge in [-0.05, 0) is 36.2 Å². The smallest absolute Gasteiger partial charge is 0.390 e. The van der Waals surface area contributed by atoms with Gasteiger partial charge < -0.3 is 20.8 Å². The number of benzene rings is 1. The number of nitrogens with one attached hydrogen (secondary N) is 2. The summed E-state index contributed by atoms with van der Waals surface area (Å²) >= 11 is 0. The molecule has 1 aromatic heterocycles. The standard InChI is InChI=1S/C19H21F4N3O2/c20-14-4-1-11(2-5-14)8-24-15-7-12(17(27)18(15)28)9-25-16-6-3-13(10-26-16)19(21,22)23/h1-6,10,12,15,17-18,24,27-28H,7-9H2,(H,25,26)/t12-,15-,17-,18+/m1/s1. The normalized spacial score (nSPS) is 25.1. The molecule has 5 nitrogen and oxygen atoms in total. The van der Waals surface area contributed by atoms with Gasteiger partial charge in [-0.3, -0.25) is 0 Å². The van der Waals surface area contributed by atoms with Crippen molar-refractivity contribution in [1.82, 2.24) is 10.3 Å². The van der Waals surface area contributed by atoms with Crippen LogP contribution in [-0.4, -0.2) is 40.0 Å². The molecule has 2 aromatic rings. The second-order valence-corrected chi connectivity index (χ2v) is 6.90. The molecule has 3 rings (SSSR count). The van der Waals surface area contributed by atoms with Gasteiger partial charge in [-0.25, -0.2) is 9.37 Å². The molecule has 0 amide bonds. The molecule has 9 heteroatoms. The van der Waals surface area contributed by atoms with Gasteiger partial charge in [0.2, 0.25) is 0 Å². The van der Waals surface area contributed by atoms with Gasteiger partial charge in [0.1, 0.15) is 11.6 Å². The molecule has 152 valence electrons. The average molecular weight is 399 g/mol. The van der Waals surface area contributed by atoms with Gasteiger partial charge in [-0.2, -0.15) is 13.2 Å². The molecule has 1 aliphatic rings. The molecule has 1 fully saturated rings. The van der Waals surface area contributed by atoms with Crippen LogP contribution in [0.2, 0.25) is 0 Å². The summed E-state index contributed by atoms with van der Waals surface area (Å²) in [5.41, 5.74) is 0.0121. The Morgan fingerprint density at radius 1 is 1.04 bits per heavy atom. The van der Waals surface area contributed by atoms with E-state index < -0.39 is 23.9 Å². The van der Waals surface area contributed by atoms with E-state index in [0.29, 0.717) is 13.0 Å². The summed E-state index contributed by atoms with van der Waals surface area (Å²) in [4.78, 5) is 3.73. The number of rotatable bonds is 6. The number of aromatic nitrogens is 1. The third-order valence-corrected chi connectivity index (χ3v) is 4.92. The maximum Gasteiger partial charge on any atom is 0.417 e. The van der Waals surface area contributed by atoms with Gasteiger partial charge in [0, 0.05) is 31.2 Å². The van der Waals surface area contributed by atoms with Crippen LogP contribution < -0.4 is 10.6 Å². The Bertz CT molecular complexity index is 768. The highest BCUT2D eigenvalue weighted by molar-refractivity contribution is 5.36. The largest absolute Gasteiger partial charge is 0.417 e. The highest BCUT2D eigenvalue weighted by Gasteiger charge is 2.41. The van der Waals surface area contributed by atoms with E-state index in [9.17, 15) is 27.8 Å². The fourth-order valence-corrected chi connectivity index (χ4v) is 3.28. The lowest BCUT2D eigenvalue weighted by atomic mass is 10.1. The summed E-state index contributed by atoms with van der Waals surface area (Å²) in [5.74, 6) is -0.370. The summed E-state index contributed by atoms with van der Waals surface area (Å²) in [7, 11) is 0. The van der Waals surface area contributed by atoms with Crippen LogP contribution in [0.1, 0.15) is 17.5 Å². The Balaban J connectivity index is 1.51. The first-order valence-electron chi connectivity index (χ1n) is 8.85. The van der Waals surface area contributed by atoms with E-state index in [0.717, 1.165) is 17.8 Å². The van der Waals surface area contributed by atoms with E-state index in [1.54, 1.807) is 12.1 Å². The van der Waals surface area contributed by atoms with Crippen LogP contribution in [0.15, 0.2) is 42.6 Å². The quantitative estimate of drug-likeness (QED) is 0.562. The van der Waals surface area contributed by atoms with Gasteiger partial charge in [-0.15, -0.1) is 0 Å². The third kappa shape index (κ3) is 4.98. The molecule has 0 saturated heterocycles. The zero-order valence-corrected chi connectivity index (χ0v) is 14.8. The van der Waals surface area contributed by atoms with Crippen LogP contribution in [0.4, 0.5) is 23.4 Å². The Morgan fingerprint density at radius 3 is 2.36 bits per heavy atom. The topological polar surface area (TPSA) is 77.4 Å². The predicted octanol–water partition coefficient (Wildman–Crippen LogP) is 2.55. The Morgan fingerprint density at radius 2 is 1.75 bits per heavy atom. The molecule has 0 bridgehead atoms. The zero-order chi connectivity index (χ0) is 20.3. The van der Waals surface area contributed by atoms with Crippen LogP contribution in [0, 0.1) is 11.7 Å². The molecule has 1 aromatic carbocycles.